The van der Waals surface area contributed by atoms with E-state index in [-0.39, 0.29) is 10.8 Å². The van der Waals surface area contributed by atoms with Crippen molar-refractivity contribution in [1.82, 2.24) is 9.62 Å². The first-order valence-electron chi connectivity index (χ1n) is 7.97. The number of nitrogens with one attached hydrogen (secondary N) is 1. The van der Waals surface area contributed by atoms with Crippen molar-refractivity contribution in [3.05, 3.63) is 53.5 Å². The fraction of sp³-hybridized carbons (Fsp3) is 0.353. The van der Waals surface area contributed by atoms with Crippen LogP contribution in [0, 0.1) is 6.92 Å². The molecule has 134 valence electrons. The van der Waals surface area contributed by atoms with E-state index < -0.39 is 10.0 Å². The molecule has 1 amide bonds. The van der Waals surface area contributed by atoms with Crippen LogP contribution in [0.3, 0.4) is 0 Å². The lowest BCUT2D eigenvalue weighted by atomic mass is 10.2. The highest BCUT2D eigenvalue weighted by Crippen LogP contribution is 2.18. The summed E-state index contributed by atoms with van der Waals surface area (Å²) in [7, 11) is -3.50. The fourth-order valence-electron chi connectivity index (χ4n) is 2.61. The summed E-state index contributed by atoms with van der Waals surface area (Å²) < 4.78 is 36.8. The molecule has 7 nitrogen and oxygen atoms in total. The molecule has 0 saturated carbocycles. The molecule has 1 saturated heterocycles. The average molecular weight is 364 g/mol. The molecule has 0 radical (unpaired) electrons. The second-order valence-electron chi connectivity index (χ2n) is 5.73. The van der Waals surface area contributed by atoms with Gasteiger partial charge in [-0.2, -0.15) is 4.31 Å². The molecule has 0 spiro atoms. The van der Waals surface area contributed by atoms with Gasteiger partial charge in [0.1, 0.15) is 5.76 Å². The van der Waals surface area contributed by atoms with Crippen LogP contribution in [0.15, 0.2) is 45.9 Å². The van der Waals surface area contributed by atoms with E-state index in [0.717, 1.165) is 5.56 Å². The number of hydrogen-bond acceptors (Lipinski definition) is 5. The number of hydrogen-bond donors (Lipinski definition) is 1. The van der Waals surface area contributed by atoms with E-state index in [1.165, 1.54) is 10.6 Å². The largest absolute Gasteiger partial charge is 0.469 e. The van der Waals surface area contributed by atoms with Crippen LogP contribution in [-0.4, -0.2) is 44.9 Å². The van der Waals surface area contributed by atoms with Crippen molar-refractivity contribution < 1.29 is 22.4 Å². The zero-order valence-electron chi connectivity index (χ0n) is 13.9. The molecular weight excluding hydrogens is 344 g/mol. The highest BCUT2D eigenvalue weighted by atomic mass is 32.2. The normalized spacial score (nSPS) is 15.9. The van der Waals surface area contributed by atoms with Crippen LogP contribution in [0.5, 0.6) is 0 Å². The van der Waals surface area contributed by atoms with Crippen molar-refractivity contribution in [1.29, 1.82) is 0 Å². The van der Waals surface area contributed by atoms with Gasteiger partial charge in [0.2, 0.25) is 10.0 Å². The minimum atomic E-state index is -3.50. The predicted octanol–water partition coefficient (Wildman–Crippen LogP) is 1.54. The standard InChI is InChI=1S/C17H20N2O5S/c1-13-16(6-9-24-13)17(20)18-12-14-2-4-15(5-3-14)25(21,22)19-7-10-23-11-8-19/h2-6,9H,7-8,10-12H2,1H3,(H,18,20). The summed E-state index contributed by atoms with van der Waals surface area (Å²) in [5.41, 5.74) is 1.31. The highest BCUT2D eigenvalue weighted by molar-refractivity contribution is 7.89. The molecule has 0 bridgehead atoms. The number of aryl methyl sites for hydroxylation is 1. The summed E-state index contributed by atoms with van der Waals surface area (Å²) in [5.74, 6) is 0.334. The molecule has 0 atom stereocenters. The molecule has 1 aliphatic heterocycles. The van der Waals surface area contributed by atoms with Gasteiger partial charge in [-0.25, -0.2) is 8.42 Å². The maximum Gasteiger partial charge on any atom is 0.255 e. The second-order valence-corrected chi connectivity index (χ2v) is 7.67. The number of morpholine rings is 1. The number of furan rings is 1. The third-order valence-corrected chi connectivity index (χ3v) is 6.00. The Morgan fingerprint density at radius 2 is 1.84 bits per heavy atom. The molecule has 3 rings (SSSR count). The monoisotopic (exact) mass is 364 g/mol. The van der Waals surface area contributed by atoms with Crippen molar-refractivity contribution in [3.63, 3.8) is 0 Å². The Hall–Kier alpha value is -2.16. The molecule has 2 heterocycles. The van der Waals surface area contributed by atoms with E-state index in [1.807, 2.05) is 0 Å². The summed E-state index contributed by atoms with van der Waals surface area (Å²) >= 11 is 0. The molecular formula is C17H20N2O5S. The third kappa shape index (κ3) is 3.92. The van der Waals surface area contributed by atoms with E-state index in [4.69, 9.17) is 9.15 Å². The first kappa shape index (κ1) is 17.7. The second kappa shape index (κ2) is 7.38. The summed E-state index contributed by atoms with van der Waals surface area (Å²) in [6.07, 6.45) is 1.47. The Morgan fingerprint density at radius 3 is 2.44 bits per heavy atom. The average Bonchev–Trinajstić information content (AvgIpc) is 3.07. The van der Waals surface area contributed by atoms with Crippen LogP contribution in [0.2, 0.25) is 0 Å². The van der Waals surface area contributed by atoms with Gasteiger partial charge in [-0.05, 0) is 30.7 Å². The summed E-state index contributed by atoms with van der Waals surface area (Å²) in [6.45, 7) is 3.59. The highest BCUT2D eigenvalue weighted by Gasteiger charge is 2.26. The van der Waals surface area contributed by atoms with Gasteiger partial charge in [-0.15, -0.1) is 0 Å². The van der Waals surface area contributed by atoms with Crippen LogP contribution >= 0.6 is 0 Å². The number of carbonyl (C=O) groups is 1. The summed E-state index contributed by atoms with van der Waals surface area (Å²) in [5, 5.41) is 2.79. The van der Waals surface area contributed by atoms with Gasteiger partial charge in [0.05, 0.1) is 29.9 Å². The van der Waals surface area contributed by atoms with Gasteiger partial charge in [0.25, 0.3) is 5.91 Å². The zero-order chi connectivity index (χ0) is 17.9. The van der Waals surface area contributed by atoms with Crippen LogP contribution in [0.4, 0.5) is 0 Å². The maximum absolute atomic E-state index is 12.5. The summed E-state index contributed by atoms with van der Waals surface area (Å²) in [6, 6.07) is 8.15. The molecule has 0 unspecified atom stereocenters. The van der Waals surface area contributed by atoms with Crippen LogP contribution in [0.25, 0.3) is 0 Å². The zero-order valence-corrected chi connectivity index (χ0v) is 14.7. The molecule has 2 aromatic rings. The Labute approximate surface area is 146 Å². The molecule has 8 heteroatoms. The number of ether oxygens (including phenoxy) is 1. The van der Waals surface area contributed by atoms with Gasteiger partial charge < -0.3 is 14.5 Å². The lowest BCUT2D eigenvalue weighted by Crippen LogP contribution is -2.40. The smallest absolute Gasteiger partial charge is 0.255 e. The number of amides is 1. The summed E-state index contributed by atoms with van der Waals surface area (Å²) in [4.78, 5) is 12.3. The Morgan fingerprint density at radius 1 is 1.16 bits per heavy atom. The first-order valence-corrected chi connectivity index (χ1v) is 9.41. The number of carbonyl (C=O) groups excluding carboxylic acids is 1. The van der Waals surface area contributed by atoms with Crippen LogP contribution in [0.1, 0.15) is 21.7 Å². The SMILES string of the molecule is Cc1occc1C(=O)NCc1ccc(S(=O)(=O)N2CCOCC2)cc1. The van der Waals surface area contributed by atoms with Crippen molar-refractivity contribution in [2.24, 2.45) is 0 Å². The molecule has 1 fully saturated rings. The van der Waals surface area contributed by atoms with Crippen molar-refractivity contribution in [2.45, 2.75) is 18.4 Å². The van der Waals surface area contributed by atoms with Gasteiger partial charge in [-0.3, -0.25) is 4.79 Å². The Bertz CT molecular complexity index is 836. The van der Waals surface area contributed by atoms with E-state index in [1.54, 1.807) is 37.3 Å². The molecule has 1 aromatic carbocycles. The van der Waals surface area contributed by atoms with E-state index in [9.17, 15) is 13.2 Å². The maximum atomic E-state index is 12.5. The molecule has 25 heavy (non-hydrogen) atoms. The lowest BCUT2D eigenvalue weighted by molar-refractivity contribution is 0.0730. The molecule has 1 aromatic heterocycles. The first-order chi connectivity index (χ1) is 12.0. The van der Waals surface area contributed by atoms with E-state index in [0.29, 0.717) is 44.2 Å². The van der Waals surface area contributed by atoms with Gasteiger partial charge in [-0.1, -0.05) is 12.1 Å². The number of rotatable bonds is 5. The lowest BCUT2D eigenvalue weighted by Gasteiger charge is -2.26. The van der Waals surface area contributed by atoms with Crippen molar-refractivity contribution in [3.8, 4) is 0 Å². The van der Waals surface area contributed by atoms with Gasteiger partial charge in [0, 0.05) is 19.6 Å². The quantitative estimate of drug-likeness (QED) is 0.869. The predicted molar refractivity (Wildman–Crippen MR) is 90.6 cm³/mol. The van der Waals surface area contributed by atoms with E-state index >= 15 is 0 Å². The van der Waals surface area contributed by atoms with Gasteiger partial charge >= 0.3 is 0 Å². The molecule has 1 N–H and O–H groups in total. The Balaban J connectivity index is 1.64. The van der Waals surface area contributed by atoms with E-state index in [2.05, 4.69) is 5.32 Å². The fourth-order valence-corrected chi connectivity index (χ4v) is 4.02. The van der Waals surface area contributed by atoms with Gasteiger partial charge in [0.15, 0.2) is 0 Å². The van der Waals surface area contributed by atoms with Crippen LogP contribution in [-0.2, 0) is 21.3 Å². The molecule has 0 aliphatic carbocycles. The Kier molecular flexibility index (Phi) is 5.22. The number of nitrogens with zero attached hydrogens (tertiary/aromatic N) is 1. The van der Waals surface area contributed by atoms with Crippen molar-refractivity contribution >= 4 is 15.9 Å². The minimum absolute atomic E-state index is 0.226. The molecule has 1 aliphatic rings. The minimum Gasteiger partial charge on any atom is -0.469 e. The third-order valence-electron chi connectivity index (χ3n) is 4.09. The number of benzene rings is 1. The number of sulfonamides is 1. The topological polar surface area (TPSA) is 88.8 Å². The van der Waals surface area contributed by atoms with Crippen molar-refractivity contribution in [2.75, 3.05) is 26.3 Å². The van der Waals surface area contributed by atoms with Crippen LogP contribution < -0.4 is 5.32 Å².